The van der Waals surface area contributed by atoms with E-state index in [0.29, 0.717) is 22.8 Å². The maximum Gasteiger partial charge on any atom is 0.257 e. The first-order valence-corrected chi connectivity index (χ1v) is 6.31. The second kappa shape index (κ2) is 5.20. The number of rotatable bonds is 3. The Morgan fingerprint density at radius 3 is 2.86 bits per heavy atom. The predicted molar refractivity (Wildman–Crippen MR) is 76.5 cm³/mol. The van der Waals surface area contributed by atoms with Crippen molar-refractivity contribution in [3.63, 3.8) is 0 Å². The molecule has 0 saturated carbocycles. The smallest absolute Gasteiger partial charge is 0.257 e. The second-order valence-electron chi connectivity index (χ2n) is 4.41. The average molecular weight is 283 g/mol. The molecule has 3 heterocycles. The molecule has 0 aliphatic heterocycles. The predicted octanol–water partition coefficient (Wildman–Crippen LogP) is 1.69. The minimum Gasteiger partial charge on any atom is -0.481 e. The number of methoxy groups -OCH3 is 1. The Hall–Kier alpha value is -2.96. The van der Waals surface area contributed by atoms with Crippen LogP contribution in [0.25, 0.3) is 5.65 Å². The van der Waals surface area contributed by atoms with Crippen molar-refractivity contribution in [2.24, 2.45) is 0 Å². The fourth-order valence-electron chi connectivity index (χ4n) is 1.96. The molecule has 1 amide bonds. The highest BCUT2D eigenvalue weighted by molar-refractivity contribution is 6.05. The van der Waals surface area contributed by atoms with Crippen molar-refractivity contribution in [1.29, 1.82) is 0 Å². The van der Waals surface area contributed by atoms with Gasteiger partial charge < -0.3 is 10.1 Å². The molecule has 0 bridgehead atoms. The van der Waals surface area contributed by atoms with Gasteiger partial charge in [-0.2, -0.15) is 0 Å². The van der Waals surface area contributed by atoms with E-state index >= 15 is 0 Å². The van der Waals surface area contributed by atoms with Gasteiger partial charge in [-0.05, 0) is 25.1 Å². The Kier molecular flexibility index (Phi) is 3.23. The first-order valence-electron chi connectivity index (χ1n) is 6.31. The number of amides is 1. The molecule has 0 aromatic carbocycles. The van der Waals surface area contributed by atoms with E-state index in [9.17, 15) is 4.79 Å². The Bertz CT molecular complexity index is 795. The molecule has 7 nitrogen and oxygen atoms in total. The minimum absolute atomic E-state index is 0.265. The van der Waals surface area contributed by atoms with Crippen molar-refractivity contribution in [2.45, 2.75) is 6.92 Å². The highest BCUT2D eigenvalue weighted by Gasteiger charge is 2.11. The monoisotopic (exact) mass is 283 g/mol. The molecule has 0 spiro atoms. The van der Waals surface area contributed by atoms with Crippen LogP contribution in [-0.2, 0) is 0 Å². The third-order valence-corrected chi connectivity index (χ3v) is 3.06. The van der Waals surface area contributed by atoms with E-state index in [0.717, 1.165) is 5.82 Å². The highest BCUT2D eigenvalue weighted by Crippen LogP contribution is 2.16. The summed E-state index contributed by atoms with van der Waals surface area (Å²) in [5.41, 5.74) is 1.64. The van der Waals surface area contributed by atoms with E-state index in [1.165, 1.54) is 13.3 Å². The van der Waals surface area contributed by atoms with Gasteiger partial charge in [0.1, 0.15) is 5.82 Å². The summed E-state index contributed by atoms with van der Waals surface area (Å²) >= 11 is 0. The molecule has 106 valence electrons. The van der Waals surface area contributed by atoms with E-state index < -0.39 is 0 Å². The molecule has 0 saturated heterocycles. The number of carbonyl (C=O) groups excluding carboxylic acids is 1. The largest absolute Gasteiger partial charge is 0.481 e. The van der Waals surface area contributed by atoms with E-state index in [1.54, 1.807) is 18.2 Å². The van der Waals surface area contributed by atoms with Crippen LogP contribution in [0, 0.1) is 6.92 Å². The number of fused-ring (bicyclic) bond motifs is 1. The Balaban J connectivity index is 1.89. The van der Waals surface area contributed by atoms with Gasteiger partial charge in [-0.25, -0.2) is 4.98 Å². The molecule has 0 aliphatic rings. The van der Waals surface area contributed by atoms with Gasteiger partial charge in [0.2, 0.25) is 5.88 Å². The maximum absolute atomic E-state index is 12.2. The summed E-state index contributed by atoms with van der Waals surface area (Å²) in [6.45, 7) is 1.85. The molecule has 0 fully saturated rings. The summed E-state index contributed by atoms with van der Waals surface area (Å²) in [5, 5.41) is 10.9. The van der Waals surface area contributed by atoms with Crippen LogP contribution in [-0.4, -0.2) is 32.6 Å². The Morgan fingerprint density at radius 1 is 1.29 bits per heavy atom. The van der Waals surface area contributed by atoms with Crippen molar-refractivity contribution in [3.8, 4) is 5.88 Å². The molecule has 21 heavy (non-hydrogen) atoms. The normalized spacial score (nSPS) is 10.6. The number of nitrogens with zero attached hydrogens (tertiary/aromatic N) is 4. The average Bonchev–Trinajstić information content (AvgIpc) is 2.90. The first-order chi connectivity index (χ1) is 10.2. The SMILES string of the molecule is COc1ccc(C(=O)Nc2cccn3c(C)nnc23)cn1. The molecule has 1 N–H and O–H groups in total. The molecule has 0 aliphatic carbocycles. The summed E-state index contributed by atoms with van der Waals surface area (Å²) in [4.78, 5) is 16.2. The van der Waals surface area contributed by atoms with Gasteiger partial charge >= 0.3 is 0 Å². The van der Waals surface area contributed by atoms with Crippen molar-refractivity contribution in [2.75, 3.05) is 12.4 Å². The zero-order valence-electron chi connectivity index (χ0n) is 11.6. The molecule has 3 rings (SSSR count). The molecule has 7 heteroatoms. The van der Waals surface area contributed by atoms with Crippen LogP contribution in [0.15, 0.2) is 36.7 Å². The number of anilines is 1. The summed E-state index contributed by atoms with van der Waals surface area (Å²) < 4.78 is 6.77. The third kappa shape index (κ3) is 2.40. The van der Waals surface area contributed by atoms with E-state index in [1.807, 2.05) is 23.6 Å². The first kappa shape index (κ1) is 13.0. The topological polar surface area (TPSA) is 81.4 Å². The van der Waals surface area contributed by atoms with Crippen molar-refractivity contribution < 1.29 is 9.53 Å². The lowest BCUT2D eigenvalue weighted by Gasteiger charge is -2.06. The lowest BCUT2D eigenvalue weighted by molar-refractivity contribution is 0.102. The second-order valence-corrected chi connectivity index (χ2v) is 4.41. The molecule has 0 atom stereocenters. The molecule has 3 aromatic heterocycles. The summed E-state index contributed by atoms with van der Waals surface area (Å²) in [7, 11) is 1.52. The fraction of sp³-hybridized carbons (Fsp3) is 0.143. The quantitative estimate of drug-likeness (QED) is 0.791. The van der Waals surface area contributed by atoms with Gasteiger partial charge in [-0.15, -0.1) is 10.2 Å². The fourth-order valence-corrected chi connectivity index (χ4v) is 1.96. The number of hydrogen-bond acceptors (Lipinski definition) is 5. The van der Waals surface area contributed by atoms with Crippen LogP contribution in [0.2, 0.25) is 0 Å². The van der Waals surface area contributed by atoms with Crippen molar-refractivity contribution in [1.82, 2.24) is 19.6 Å². The van der Waals surface area contributed by atoms with Crippen LogP contribution in [0.5, 0.6) is 5.88 Å². The van der Waals surface area contributed by atoms with Crippen LogP contribution >= 0.6 is 0 Å². The zero-order valence-corrected chi connectivity index (χ0v) is 11.6. The summed E-state index contributed by atoms with van der Waals surface area (Å²) in [5.74, 6) is 0.952. The van der Waals surface area contributed by atoms with E-state index in [2.05, 4.69) is 20.5 Å². The maximum atomic E-state index is 12.2. The number of carbonyl (C=O) groups is 1. The molecule has 0 radical (unpaired) electrons. The van der Waals surface area contributed by atoms with Gasteiger partial charge in [0, 0.05) is 18.5 Å². The summed E-state index contributed by atoms with van der Waals surface area (Å²) in [6.07, 6.45) is 3.30. The minimum atomic E-state index is -0.265. The van der Waals surface area contributed by atoms with Gasteiger partial charge in [0.15, 0.2) is 5.65 Å². The summed E-state index contributed by atoms with van der Waals surface area (Å²) in [6, 6.07) is 6.89. The van der Waals surface area contributed by atoms with E-state index in [4.69, 9.17) is 4.74 Å². The highest BCUT2D eigenvalue weighted by atomic mass is 16.5. The molecular formula is C14H13N5O2. The molecule has 3 aromatic rings. The van der Waals surface area contributed by atoms with Crippen LogP contribution in [0.4, 0.5) is 5.69 Å². The third-order valence-electron chi connectivity index (χ3n) is 3.06. The van der Waals surface area contributed by atoms with Gasteiger partial charge in [-0.1, -0.05) is 0 Å². The lowest BCUT2D eigenvalue weighted by Crippen LogP contribution is -2.13. The van der Waals surface area contributed by atoms with Crippen LogP contribution < -0.4 is 10.1 Å². The Labute approximate surface area is 120 Å². The number of aromatic nitrogens is 4. The lowest BCUT2D eigenvalue weighted by atomic mass is 10.2. The van der Waals surface area contributed by atoms with Crippen LogP contribution in [0.3, 0.4) is 0 Å². The molecular weight excluding hydrogens is 270 g/mol. The van der Waals surface area contributed by atoms with E-state index in [-0.39, 0.29) is 5.91 Å². The van der Waals surface area contributed by atoms with Gasteiger partial charge in [0.25, 0.3) is 5.91 Å². The van der Waals surface area contributed by atoms with Gasteiger partial charge in [0.05, 0.1) is 18.4 Å². The Morgan fingerprint density at radius 2 is 2.14 bits per heavy atom. The van der Waals surface area contributed by atoms with Crippen LogP contribution in [0.1, 0.15) is 16.2 Å². The number of pyridine rings is 2. The standard InChI is InChI=1S/C14H13N5O2/c1-9-17-18-13-11(4-3-7-19(9)13)16-14(20)10-5-6-12(21-2)15-8-10/h3-8H,1-2H3,(H,16,20). The van der Waals surface area contributed by atoms with Crippen molar-refractivity contribution in [3.05, 3.63) is 48.0 Å². The van der Waals surface area contributed by atoms with Gasteiger partial charge in [-0.3, -0.25) is 9.20 Å². The number of aryl methyl sites for hydroxylation is 1. The number of ether oxygens (including phenoxy) is 1. The number of nitrogens with one attached hydrogen (secondary N) is 1. The molecule has 0 unspecified atom stereocenters. The van der Waals surface area contributed by atoms with Crippen molar-refractivity contribution >= 4 is 17.2 Å². The number of hydrogen-bond donors (Lipinski definition) is 1. The zero-order chi connectivity index (χ0) is 14.8.